The van der Waals surface area contributed by atoms with Crippen LogP contribution in [0.5, 0.6) is 0 Å². The van der Waals surface area contributed by atoms with Gasteiger partial charge in [0.25, 0.3) is 0 Å². The number of hydrogen-bond acceptors (Lipinski definition) is 5. The van der Waals surface area contributed by atoms with Gasteiger partial charge >= 0.3 is 11.9 Å². The lowest BCUT2D eigenvalue weighted by molar-refractivity contribution is -0.159. The van der Waals surface area contributed by atoms with Gasteiger partial charge in [0, 0.05) is 22.3 Å². The summed E-state index contributed by atoms with van der Waals surface area (Å²) in [4.78, 5) is 23.0. The minimum Gasteiger partial charge on any atom is -0.393 e. The normalized spacial score (nSPS) is 12.3. The van der Waals surface area contributed by atoms with Crippen LogP contribution >= 0.6 is 23.5 Å². The highest BCUT2D eigenvalue weighted by atomic mass is 32.2. The fraction of sp³-hybridized carbons (Fsp3) is 0.875. The predicted octanol–water partition coefficient (Wildman–Crippen LogP) is 4.68. The molecular formula is C16H30O3S2. The van der Waals surface area contributed by atoms with E-state index >= 15 is 0 Å². The number of hydrogen-bond donors (Lipinski definition) is 0. The van der Waals surface area contributed by atoms with Crippen LogP contribution in [0.4, 0.5) is 0 Å². The quantitative estimate of drug-likeness (QED) is 0.366. The highest BCUT2D eigenvalue weighted by molar-refractivity contribution is 8.00. The standard InChI is InChI=1S/C16H30O3S2/c1-15(2,3)20-11-7-9-13(17)19-14(18)10-8-12-21-16(4,5)6/h7-12H2,1-6H3. The molecule has 0 radical (unpaired) electrons. The van der Waals surface area contributed by atoms with E-state index in [2.05, 4.69) is 41.5 Å². The minimum absolute atomic E-state index is 0.213. The van der Waals surface area contributed by atoms with Crippen LogP contribution in [-0.4, -0.2) is 32.9 Å². The Bertz CT molecular complexity index is 295. The Morgan fingerprint density at radius 2 is 1.10 bits per heavy atom. The molecule has 0 aliphatic rings. The van der Waals surface area contributed by atoms with Crippen molar-refractivity contribution in [2.75, 3.05) is 11.5 Å². The van der Waals surface area contributed by atoms with Gasteiger partial charge in [-0.05, 0) is 24.3 Å². The molecule has 0 aliphatic carbocycles. The van der Waals surface area contributed by atoms with Gasteiger partial charge in [0.05, 0.1) is 0 Å². The maximum atomic E-state index is 11.5. The van der Waals surface area contributed by atoms with Crippen LogP contribution in [0, 0.1) is 0 Å². The van der Waals surface area contributed by atoms with Crippen LogP contribution in [0.15, 0.2) is 0 Å². The maximum Gasteiger partial charge on any atom is 0.313 e. The third kappa shape index (κ3) is 16.0. The van der Waals surface area contributed by atoms with Crippen LogP contribution in [0.1, 0.15) is 67.2 Å². The fourth-order valence-corrected chi connectivity index (χ4v) is 3.22. The molecule has 5 heteroatoms. The molecule has 0 N–H and O–H groups in total. The predicted molar refractivity (Wildman–Crippen MR) is 94.0 cm³/mol. The highest BCUT2D eigenvalue weighted by Gasteiger charge is 2.14. The van der Waals surface area contributed by atoms with Crippen molar-refractivity contribution >= 4 is 35.5 Å². The topological polar surface area (TPSA) is 43.4 Å². The lowest BCUT2D eigenvalue weighted by Gasteiger charge is -2.17. The van der Waals surface area contributed by atoms with Gasteiger partial charge in [-0.1, -0.05) is 41.5 Å². The van der Waals surface area contributed by atoms with Gasteiger partial charge in [0.2, 0.25) is 0 Å². The molecule has 0 rings (SSSR count). The Labute approximate surface area is 138 Å². The van der Waals surface area contributed by atoms with Crippen LogP contribution < -0.4 is 0 Å². The molecule has 0 aromatic rings. The van der Waals surface area contributed by atoms with Crippen LogP contribution in [0.25, 0.3) is 0 Å². The Hall–Kier alpha value is -0.160. The van der Waals surface area contributed by atoms with Crippen LogP contribution in [0.3, 0.4) is 0 Å². The molecule has 0 saturated heterocycles. The first-order valence-corrected chi connectivity index (χ1v) is 9.48. The Morgan fingerprint density at radius 1 is 0.762 bits per heavy atom. The van der Waals surface area contributed by atoms with Crippen molar-refractivity contribution in [3.05, 3.63) is 0 Å². The first-order valence-electron chi connectivity index (χ1n) is 7.51. The average molecular weight is 335 g/mol. The first kappa shape index (κ1) is 20.8. The van der Waals surface area contributed by atoms with Gasteiger partial charge in [-0.2, -0.15) is 23.5 Å². The number of thioether (sulfide) groups is 2. The summed E-state index contributed by atoms with van der Waals surface area (Å²) in [6.07, 6.45) is 2.17. The number of esters is 2. The van der Waals surface area contributed by atoms with Crippen LogP contribution in [0.2, 0.25) is 0 Å². The summed E-state index contributed by atoms with van der Waals surface area (Å²) < 4.78 is 5.24. The van der Waals surface area contributed by atoms with Crippen molar-refractivity contribution in [3.8, 4) is 0 Å². The second kappa shape index (κ2) is 9.78. The van der Waals surface area contributed by atoms with E-state index in [0.717, 1.165) is 24.3 Å². The van der Waals surface area contributed by atoms with Crippen molar-refractivity contribution in [1.82, 2.24) is 0 Å². The molecule has 0 bridgehead atoms. The second-order valence-electron chi connectivity index (χ2n) is 6.97. The zero-order chi connectivity index (χ0) is 16.5. The first-order chi connectivity index (χ1) is 9.49. The summed E-state index contributed by atoms with van der Waals surface area (Å²) in [5.74, 6) is 1.04. The third-order valence-corrected chi connectivity index (χ3v) is 5.07. The molecule has 0 aromatic heterocycles. The summed E-state index contributed by atoms with van der Waals surface area (Å²) in [5, 5.41) is 0. The molecule has 0 spiro atoms. The van der Waals surface area contributed by atoms with Crippen molar-refractivity contribution in [1.29, 1.82) is 0 Å². The SMILES string of the molecule is CC(C)(C)SCCCC(=O)OC(=O)CCCSC(C)(C)C. The summed E-state index contributed by atoms with van der Waals surface area (Å²) in [5.41, 5.74) is 0. The maximum absolute atomic E-state index is 11.5. The molecule has 0 heterocycles. The van der Waals surface area contributed by atoms with E-state index in [1.54, 1.807) is 0 Å². The summed E-state index contributed by atoms with van der Waals surface area (Å²) in [6.45, 7) is 12.9. The zero-order valence-electron chi connectivity index (χ0n) is 14.3. The van der Waals surface area contributed by atoms with Crippen LogP contribution in [-0.2, 0) is 14.3 Å². The largest absolute Gasteiger partial charge is 0.393 e. The van der Waals surface area contributed by atoms with E-state index in [1.165, 1.54) is 0 Å². The lowest BCUT2D eigenvalue weighted by atomic mass is 10.3. The number of carbonyl (C=O) groups is 2. The summed E-state index contributed by atoms with van der Waals surface area (Å²) >= 11 is 3.64. The second-order valence-corrected chi connectivity index (χ2v) is 10.8. The molecule has 0 amide bonds. The smallest absolute Gasteiger partial charge is 0.313 e. The van der Waals surface area contributed by atoms with E-state index < -0.39 is 11.9 Å². The zero-order valence-corrected chi connectivity index (χ0v) is 15.9. The molecule has 21 heavy (non-hydrogen) atoms. The van der Waals surface area contributed by atoms with Crippen molar-refractivity contribution in [2.24, 2.45) is 0 Å². The summed E-state index contributed by atoms with van der Waals surface area (Å²) in [6, 6.07) is 0. The average Bonchev–Trinajstić information content (AvgIpc) is 2.28. The van der Waals surface area contributed by atoms with E-state index in [0.29, 0.717) is 12.8 Å². The Morgan fingerprint density at radius 3 is 1.38 bits per heavy atom. The van der Waals surface area contributed by atoms with Crippen molar-refractivity contribution < 1.29 is 14.3 Å². The third-order valence-electron chi connectivity index (χ3n) is 2.35. The number of rotatable bonds is 8. The molecule has 0 saturated carbocycles. The Balaban J connectivity index is 3.64. The van der Waals surface area contributed by atoms with Gasteiger partial charge in [-0.25, -0.2) is 0 Å². The lowest BCUT2D eigenvalue weighted by Crippen LogP contribution is -2.14. The molecule has 3 nitrogen and oxygen atoms in total. The fourth-order valence-electron chi connectivity index (χ4n) is 1.42. The molecule has 0 aliphatic heterocycles. The van der Waals surface area contributed by atoms with E-state index in [1.807, 2.05) is 23.5 Å². The van der Waals surface area contributed by atoms with Gasteiger partial charge in [0.15, 0.2) is 0 Å². The molecule has 0 unspecified atom stereocenters. The summed E-state index contributed by atoms with van der Waals surface area (Å²) in [7, 11) is 0. The van der Waals surface area contributed by atoms with E-state index in [-0.39, 0.29) is 9.49 Å². The Kier molecular flexibility index (Phi) is 9.70. The molecule has 0 fully saturated rings. The molecule has 124 valence electrons. The molecule has 0 aromatic carbocycles. The van der Waals surface area contributed by atoms with Gasteiger partial charge in [-0.3, -0.25) is 9.59 Å². The van der Waals surface area contributed by atoms with Crippen molar-refractivity contribution in [3.63, 3.8) is 0 Å². The van der Waals surface area contributed by atoms with Gasteiger partial charge < -0.3 is 4.74 Å². The number of carbonyl (C=O) groups excluding carboxylic acids is 2. The van der Waals surface area contributed by atoms with E-state index in [9.17, 15) is 9.59 Å². The van der Waals surface area contributed by atoms with Gasteiger partial charge in [-0.15, -0.1) is 0 Å². The molecular weight excluding hydrogens is 304 g/mol. The minimum atomic E-state index is -0.391. The monoisotopic (exact) mass is 334 g/mol. The highest BCUT2D eigenvalue weighted by Crippen LogP contribution is 2.25. The number of ether oxygens (including phenoxy) is 1. The van der Waals surface area contributed by atoms with Gasteiger partial charge in [0.1, 0.15) is 0 Å². The van der Waals surface area contributed by atoms with E-state index in [4.69, 9.17) is 4.74 Å². The van der Waals surface area contributed by atoms with Crippen molar-refractivity contribution in [2.45, 2.75) is 76.7 Å². The molecule has 0 atom stereocenters.